The summed E-state index contributed by atoms with van der Waals surface area (Å²) in [6.45, 7) is 0. The summed E-state index contributed by atoms with van der Waals surface area (Å²) in [5.74, 6) is -0.0855. The number of nitrogens with two attached hydrogens (primary N) is 2. The molecular weight excluding hydrogens is 274 g/mol. The fraction of sp³-hybridized carbons (Fsp3) is 0. The first-order valence-corrected chi connectivity index (χ1v) is 5.13. The Balaban J connectivity index is 2.46. The Labute approximate surface area is 99.4 Å². The standard InChI is InChI=1S/C9H8BrN5O/c10-6-1-7(11)9(13-3-6)15-4-5(2-14-15)8(12)16/h1-4H,11H2,(H2,12,16). The smallest absolute Gasteiger partial charge is 0.251 e. The Morgan fingerprint density at radius 2 is 2.19 bits per heavy atom. The van der Waals surface area contributed by atoms with Crippen LogP contribution in [0.15, 0.2) is 29.1 Å². The highest BCUT2D eigenvalue weighted by molar-refractivity contribution is 9.10. The molecule has 0 aliphatic carbocycles. The number of halogens is 1. The second-order valence-electron chi connectivity index (χ2n) is 3.10. The van der Waals surface area contributed by atoms with Gasteiger partial charge >= 0.3 is 0 Å². The molecule has 6 nitrogen and oxygen atoms in total. The molecular formula is C9H8BrN5O. The molecule has 2 aromatic heterocycles. The van der Waals surface area contributed by atoms with Crippen molar-refractivity contribution in [2.24, 2.45) is 5.73 Å². The molecule has 7 heteroatoms. The molecule has 0 aromatic carbocycles. The first-order chi connectivity index (χ1) is 7.58. The van der Waals surface area contributed by atoms with Gasteiger partial charge in [-0.25, -0.2) is 9.67 Å². The number of hydrogen-bond donors (Lipinski definition) is 2. The topological polar surface area (TPSA) is 99.8 Å². The van der Waals surface area contributed by atoms with Crippen LogP contribution in [-0.2, 0) is 0 Å². The number of hydrogen-bond acceptors (Lipinski definition) is 4. The summed E-state index contributed by atoms with van der Waals surface area (Å²) in [6, 6.07) is 1.70. The maximum absolute atomic E-state index is 10.9. The molecule has 0 aliphatic rings. The van der Waals surface area contributed by atoms with Crippen molar-refractivity contribution in [3.8, 4) is 5.82 Å². The second kappa shape index (κ2) is 3.93. The number of rotatable bonds is 2. The molecule has 1 amide bonds. The number of anilines is 1. The lowest BCUT2D eigenvalue weighted by atomic mass is 10.3. The second-order valence-corrected chi connectivity index (χ2v) is 4.02. The van der Waals surface area contributed by atoms with Crippen molar-refractivity contribution < 1.29 is 4.79 Å². The molecule has 0 bridgehead atoms. The molecule has 0 radical (unpaired) electrons. The van der Waals surface area contributed by atoms with Crippen LogP contribution in [-0.4, -0.2) is 20.7 Å². The zero-order valence-electron chi connectivity index (χ0n) is 8.09. The zero-order chi connectivity index (χ0) is 11.7. The van der Waals surface area contributed by atoms with Crippen LogP contribution in [0.25, 0.3) is 5.82 Å². The molecule has 2 rings (SSSR count). The van der Waals surface area contributed by atoms with Gasteiger partial charge in [-0.15, -0.1) is 0 Å². The highest BCUT2D eigenvalue weighted by Gasteiger charge is 2.08. The molecule has 0 saturated heterocycles. The number of amides is 1. The lowest BCUT2D eigenvalue weighted by Gasteiger charge is -2.03. The maximum Gasteiger partial charge on any atom is 0.251 e. The quantitative estimate of drug-likeness (QED) is 0.847. The third-order valence-corrected chi connectivity index (χ3v) is 2.38. The van der Waals surface area contributed by atoms with Crippen LogP contribution in [0.3, 0.4) is 0 Å². The van der Waals surface area contributed by atoms with Crippen molar-refractivity contribution in [1.82, 2.24) is 14.8 Å². The predicted molar refractivity (Wildman–Crippen MR) is 62.0 cm³/mol. The number of nitrogen functional groups attached to an aromatic ring is 1. The summed E-state index contributed by atoms with van der Waals surface area (Å²) in [6.07, 6.45) is 4.44. The summed E-state index contributed by atoms with van der Waals surface area (Å²) >= 11 is 3.25. The lowest BCUT2D eigenvalue weighted by molar-refractivity contribution is 0.100. The number of aromatic nitrogens is 3. The van der Waals surface area contributed by atoms with Crippen LogP contribution in [0, 0.1) is 0 Å². The van der Waals surface area contributed by atoms with E-state index in [1.165, 1.54) is 17.1 Å². The van der Waals surface area contributed by atoms with Gasteiger partial charge in [0.25, 0.3) is 5.91 Å². The van der Waals surface area contributed by atoms with Gasteiger partial charge in [0.05, 0.1) is 17.4 Å². The third kappa shape index (κ3) is 1.89. The minimum Gasteiger partial charge on any atom is -0.396 e. The van der Waals surface area contributed by atoms with Crippen molar-refractivity contribution in [1.29, 1.82) is 0 Å². The van der Waals surface area contributed by atoms with E-state index in [2.05, 4.69) is 26.0 Å². The van der Waals surface area contributed by atoms with Crippen LogP contribution in [0.2, 0.25) is 0 Å². The average Bonchev–Trinajstić information content (AvgIpc) is 2.66. The van der Waals surface area contributed by atoms with E-state index >= 15 is 0 Å². The van der Waals surface area contributed by atoms with Crippen LogP contribution in [0.4, 0.5) is 5.69 Å². The molecule has 0 spiro atoms. The van der Waals surface area contributed by atoms with Gasteiger partial charge in [0.15, 0.2) is 5.82 Å². The van der Waals surface area contributed by atoms with Gasteiger partial charge in [-0.1, -0.05) is 0 Å². The SMILES string of the molecule is NC(=O)c1cnn(-c2ncc(Br)cc2N)c1. The van der Waals surface area contributed by atoms with Crippen molar-refractivity contribution in [3.05, 3.63) is 34.7 Å². The van der Waals surface area contributed by atoms with Crippen LogP contribution >= 0.6 is 15.9 Å². The number of nitrogens with zero attached hydrogens (tertiary/aromatic N) is 3. The Morgan fingerprint density at radius 1 is 1.44 bits per heavy atom. The van der Waals surface area contributed by atoms with Crippen LogP contribution in [0.1, 0.15) is 10.4 Å². The van der Waals surface area contributed by atoms with E-state index < -0.39 is 5.91 Å². The fourth-order valence-electron chi connectivity index (χ4n) is 1.21. The number of pyridine rings is 1. The highest BCUT2D eigenvalue weighted by atomic mass is 79.9. The number of primary amides is 1. The Bertz CT molecular complexity index is 551. The van der Waals surface area contributed by atoms with Crippen molar-refractivity contribution in [2.75, 3.05) is 5.73 Å². The predicted octanol–water partition coefficient (Wildman–Crippen LogP) is 0.711. The Kier molecular flexibility index (Phi) is 2.61. The summed E-state index contributed by atoms with van der Waals surface area (Å²) in [5, 5.41) is 3.96. The molecule has 2 heterocycles. The third-order valence-electron chi connectivity index (χ3n) is 1.95. The van der Waals surface area contributed by atoms with Gasteiger partial charge in [0, 0.05) is 16.9 Å². The molecule has 0 fully saturated rings. The van der Waals surface area contributed by atoms with E-state index in [9.17, 15) is 4.79 Å². The van der Waals surface area contributed by atoms with Gasteiger partial charge in [-0.3, -0.25) is 4.79 Å². The van der Waals surface area contributed by atoms with E-state index in [0.29, 0.717) is 17.1 Å². The van der Waals surface area contributed by atoms with E-state index in [4.69, 9.17) is 11.5 Å². The molecule has 82 valence electrons. The summed E-state index contributed by atoms with van der Waals surface area (Å²) in [5.41, 5.74) is 11.6. The summed E-state index contributed by atoms with van der Waals surface area (Å²) in [4.78, 5) is 15.0. The van der Waals surface area contributed by atoms with Gasteiger partial charge < -0.3 is 11.5 Å². The number of carbonyl (C=O) groups is 1. The van der Waals surface area contributed by atoms with Crippen molar-refractivity contribution in [2.45, 2.75) is 0 Å². The van der Waals surface area contributed by atoms with E-state index in [1.54, 1.807) is 12.3 Å². The Morgan fingerprint density at radius 3 is 2.75 bits per heavy atom. The molecule has 0 unspecified atom stereocenters. The fourth-order valence-corrected chi connectivity index (χ4v) is 1.55. The molecule has 2 aromatic rings. The first-order valence-electron chi connectivity index (χ1n) is 4.34. The van der Waals surface area contributed by atoms with Crippen LogP contribution in [0.5, 0.6) is 0 Å². The van der Waals surface area contributed by atoms with Crippen molar-refractivity contribution >= 4 is 27.5 Å². The van der Waals surface area contributed by atoms with E-state index in [0.717, 1.165) is 4.47 Å². The van der Waals surface area contributed by atoms with Gasteiger partial charge in [-0.2, -0.15) is 5.10 Å². The monoisotopic (exact) mass is 281 g/mol. The molecule has 0 atom stereocenters. The van der Waals surface area contributed by atoms with Gasteiger partial charge in [0.2, 0.25) is 0 Å². The minimum atomic E-state index is -0.540. The number of carbonyl (C=O) groups excluding carboxylic acids is 1. The van der Waals surface area contributed by atoms with Crippen molar-refractivity contribution in [3.63, 3.8) is 0 Å². The normalized spacial score (nSPS) is 10.3. The summed E-state index contributed by atoms with van der Waals surface area (Å²) < 4.78 is 2.18. The minimum absolute atomic E-state index is 0.309. The lowest BCUT2D eigenvalue weighted by Crippen LogP contribution is -2.09. The van der Waals surface area contributed by atoms with E-state index in [-0.39, 0.29) is 0 Å². The first kappa shape index (κ1) is 10.6. The largest absolute Gasteiger partial charge is 0.396 e. The average molecular weight is 282 g/mol. The molecule has 0 aliphatic heterocycles. The van der Waals surface area contributed by atoms with Gasteiger partial charge in [-0.05, 0) is 22.0 Å². The zero-order valence-corrected chi connectivity index (χ0v) is 9.68. The molecule has 16 heavy (non-hydrogen) atoms. The Hall–Kier alpha value is -1.89. The molecule has 4 N–H and O–H groups in total. The maximum atomic E-state index is 10.9. The summed E-state index contributed by atoms with van der Waals surface area (Å²) in [7, 11) is 0. The molecule has 0 saturated carbocycles. The highest BCUT2D eigenvalue weighted by Crippen LogP contribution is 2.18. The van der Waals surface area contributed by atoms with Crippen LogP contribution < -0.4 is 11.5 Å². The van der Waals surface area contributed by atoms with Gasteiger partial charge in [0.1, 0.15) is 0 Å². The van der Waals surface area contributed by atoms with E-state index in [1.807, 2.05) is 0 Å².